The summed E-state index contributed by atoms with van der Waals surface area (Å²) < 4.78 is 18.2. The third-order valence-electron chi connectivity index (χ3n) is 3.00. The van der Waals surface area contributed by atoms with Crippen molar-refractivity contribution in [2.75, 3.05) is 0 Å². The highest BCUT2D eigenvalue weighted by Gasteiger charge is 2.18. The maximum absolute atomic E-state index is 12.9. The van der Waals surface area contributed by atoms with Gasteiger partial charge >= 0.3 is 0 Å². The van der Waals surface area contributed by atoms with Gasteiger partial charge in [0, 0.05) is 11.1 Å². The first-order valence-electron chi connectivity index (χ1n) is 6.06. The number of halogens is 1. The van der Waals surface area contributed by atoms with Crippen LogP contribution in [-0.4, -0.2) is 11.4 Å². The monoisotopic (exact) mass is 267 g/mol. The molecule has 3 nitrogen and oxygen atoms in total. The number of aldehydes is 1. The summed E-state index contributed by atoms with van der Waals surface area (Å²) >= 11 is 0. The summed E-state index contributed by atoms with van der Waals surface area (Å²) in [5.74, 6) is 0.00283. The number of rotatable bonds is 3. The molecule has 4 heteroatoms. The summed E-state index contributed by atoms with van der Waals surface area (Å²) in [6.07, 6.45) is 0.706. The Morgan fingerprint density at radius 3 is 2.30 bits per heavy atom. The zero-order valence-electron chi connectivity index (χ0n) is 10.4. The number of hydrogen-bond acceptors (Lipinski definition) is 3. The van der Waals surface area contributed by atoms with Gasteiger partial charge in [-0.05, 0) is 24.3 Å². The first kappa shape index (κ1) is 12.3. The molecule has 0 spiro atoms. The van der Waals surface area contributed by atoms with Gasteiger partial charge in [-0.15, -0.1) is 0 Å². The van der Waals surface area contributed by atoms with Crippen LogP contribution in [-0.2, 0) is 0 Å². The molecule has 3 aromatic rings. The van der Waals surface area contributed by atoms with Gasteiger partial charge in [0.2, 0.25) is 0 Å². The predicted octanol–water partition coefficient (Wildman–Crippen LogP) is 3.96. The molecule has 1 aromatic heterocycles. The molecule has 0 unspecified atom stereocenters. The minimum Gasteiger partial charge on any atom is -0.355 e. The first-order chi connectivity index (χ1) is 9.79. The van der Waals surface area contributed by atoms with Crippen molar-refractivity contribution in [3.63, 3.8) is 0 Å². The second kappa shape index (κ2) is 5.09. The molecule has 0 atom stereocenters. The van der Waals surface area contributed by atoms with Gasteiger partial charge in [-0.3, -0.25) is 4.79 Å². The second-order valence-corrected chi connectivity index (χ2v) is 4.26. The van der Waals surface area contributed by atoms with Crippen LogP contribution in [0.2, 0.25) is 0 Å². The van der Waals surface area contributed by atoms with Crippen molar-refractivity contribution >= 4 is 6.29 Å². The fourth-order valence-electron chi connectivity index (χ4n) is 2.02. The van der Waals surface area contributed by atoms with Gasteiger partial charge < -0.3 is 4.52 Å². The maximum Gasteiger partial charge on any atom is 0.178 e. The molecule has 0 N–H and O–H groups in total. The number of aromatic nitrogens is 1. The summed E-state index contributed by atoms with van der Waals surface area (Å²) in [6.45, 7) is 0. The summed E-state index contributed by atoms with van der Waals surface area (Å²) in [5.41, 5.74) is 2.26. The molecule has 1 heterocycles. The van der Waals surface area contributed by atoms with E-state index >= 15 is 0 Å². The van der Waals surface area contributed by atoms with Crippen LogP contribution < -0.4 is 0 Å². The van der Waals surface area contributed by atoms with E-state index in [2.05, 4.69) is 5.16 Å². The molecule has 20 heavy (non-hydrogen) atoms. The highest BCUT2D eigenvalue weighted by atomic mass is 19.1. The lowest BCUT2D eigenvalue weighted by molar-refractivity contribution is 0.112. The lowest BCUT2D eigenvalue weighted by atomic mass is 10.0. The number of benzene rings is 2. The van der Waals surface area contributed by atoms with Crippen molar-refractivity contribution in [3.05, 3.63) is 66.0 Å². The van der Waals surface area contributed by atoms with E-state index in [9.17, 15) is 9.18 Å². The molecule has 0 saturated heterocycles. The number of carbonyl (C=O) groups excluding carboxylic acids is 1. The van der Waals surface area contributed by atoms with E-state index in [-0.39, 0.29) is 5.82 Å². The summed E-state index contributed by atoms with van der Waals surface area (Å²) in [6, 6.07) is 15.0. The van der Waals surface area contributed by atoms with Gasteiger partial charge in [-0.1, -0.05) is 35.5 Å². The Morgan fingerprint density at radius 1 is 0.950 bits per heavy atom. The van der Waals surface area contributed by atoms with Crippen molar-refractivity contribution in [1.29, 1.82) is 0 Å². The zero-order chi connectivity index (χ0) is 13.9. The van der Waals surface area contributed by atoms with Gasteiger partial charge in [0.15, 0.2) is 12.0 Å². The topological polar surface area (TPSA) is 43.1 Å². The van der Waals surface area contributed by atoms with Gasteiger partial charge in [-0.2, -0.15) is 0 Å². The van der Waals surface area contributed by atoms with Crippen LogP contribution in [0.25, 0.3) is 22.6 Å². The van der Waals surface area contributed by atoms with E-state index in [0.717, 1.165) is 5.56 Å². The fourth-order valence-corrected chi connectivity index (χ4v) is 2.02. The SMILES string of the molecule is O=Cc1c(-c2ccccc2)noc1-c1ccc(F)cc1. The molecule has 0 aliphatic carbocycles. The molecule has 3 rings (SSSR count). The van der Waals surface area contributed by atoms with Crippen LogP contribution in [0.1, 0.15) is 10.4 Å². The van der Waals surface area contributed by atoms with Gasteiger partial charge in [0.05, 0.1) is 5.56 Å². The van der Waals surface area contributed by atoms with Crippen LogP contribution in [0.15, 0.2) is 59.1 Å². The van der Waals surface area contributed by atoms with Crippen molar-refractivity contribution in [2.24, 2.45) is 0 Å². The second-order valence-electron chi connectivity index (χ2n) is 4.26. The summed E-state index contributed by atoms with van der Waals surface area (Å²) in [4.78, 5) is 11.3. The molecule has 0 radical (unpaired) electrons. The number of carbonyl (C=O) groups is 1. The lowest BCUT2D eigenvalue weighted by Crippen LogP contribution is -1.87. The molecule has 0 amide bonds. The minimum absolute atomic E-state index is 0.343. The van der Waals surface area contributed by atoms with Crippen molar-refractivity contribution in [3.8, 4) is 22.6 Å². The molecule has 0 bridgehead atoms. The molecule has 0 aliphatic heterocycles. The van der Waals surface area contributed by atoms with Crippen molar-refractivity contribution in [2.45, 2.75) is 0 Å². The third kappa shape index (κ3) is 2.12. The molecule has 0 saturated carbocycles. The zero-order valence-corrected chi connectivity index (χ0v) is 10.4. The van der Waals surface area contributed by atoms with Gasteiger partial charge in [0.1, 0.15) is 11.5 Å². The van der Waals surface area contributed by atoms with E-state index in [1.54, 1.807) is 12.1 Å². The van der Waals surface area contributed by atoms with Crippen LogP contribution in [0.5, 0.6) is 0 Å². The first-order valence-corrected chi connectivity index (χ1v) is 6.06. The quantitative estimate of drug-likeness (QED) is 0.674. The van der Waals surface area contributed by atoms with Crippen LogP contribution in [0.3, 0.4) is 0 Å². The third-order valence-corrected chi connectivity index (χ3v) is 3.00. The van der Waals surface area contributed by atoms with E-state index in [0.29, 0.717) is 28.9 Å². The van der Waals surface area contributed by atoms with Gasteiger partial charge in [-0.25, -0.2) is 4.39 Å². The van der Waals surface area contributed by atoms with Gasteiger partial charge in [0.25, 0.3) is 0 Å². The Kier molecular flexibility index (Phi) is 3.13. The highest BCUT2D eigenvalue weighted by Crippen LogP contribution is 2.30. The largest absolute Gasteiger partial charge is 0.355 e. The van der Waals surface area contributed by atoms with Crippen molar-refractivity contribution < 1.29 is 13.7 Å². The number of nitrogens with zero attached hydrogens (tertiary/aromatic N) is 1. The Bertz CT molecular complexity index is 733. The summed E-state index contributed by atoms with van der Waals surface area (Å²) in [5, 5.41) is 3.96. The van der Waals surface area contributed by atoms with E-state index < -0.39 is 0 Å². The number of hydrogen-bond donors (Lipinski definition) is 0. The normalized spacial score (nSPS) is 10.4. The molecule has 2 aromatic carbocycles. The predicted molar refractivity (Wildman–Crippen MR) is 72.7 cm³/mol. The molecule has 98 valence electrons. The average molecular weight is 267 g/mol. The Labute approximate surface area is 114 Å². The lowest BCUT2D eigenvalue weighted by Gasteiger charge is -1.98. The van der Waals surface area contributed by atoms with Crippen LogP contribution in [0.4, 0.5) is 4.39 Å². The Morgan fingerprint density at radius 2 is 1.65 bits per heavy atom. The molecule has 0 fully saturated rings. The standard InChI is InChI=1S/C16H10FNO2/c17-13-8-6-12(7-9-13)16-14(10-19)15(18-20-16)11-4-2-1-3-5-11/h1-10H. The van der Waals surface area contributed by atoms with E-state index in [1.807, 2.05) is 30.3 Å². The molecular formula is C16H10FNO2. The highest BCUT2D eigenvalue weighted by molar-refractivity contribution is 5.93. The smallest absolute Gasteiger partial charge is 0.178 e. The molecule has 0 aliphatic rings. The fraction of sp³-hybridized carbons (Fsp3) is 0. The van der Waals surface area contributed by atoms with Crippen LogP contribution in [0, 0.1) is 5.82 Å². The van der Waals surface area contributed by atoms with E-state index in [4.69, 9.17) is 4.52 Å². The Balaban J connectivity index is 2.13. The van der Waals surface area contributed by atoms with Crippen LogP contribution >= 0.6 is 0 Å². The average Bonchev–Trinajstić information content (AvgIpc) is 2.93. The minimum atomic E-state index is -0.343. The Hall–Kier alpha value is -2.75. The van der Waals surface area contributed by atoms with E-state index in [1.165, 1.54) is 12.1 Å². The molecular weight excluding hydrogens is 257 g/mol. The summed E-state index contributed by atoms with van der Waals surface area (Å²) in [7, 11) is 0. The van der Waals surface area contributed by atoms with Crippen molar-refractivity contribution in [1.82, 2.24) is 5.16 Å². The maximum atomic E-state index is 12.9.